The largest absolute Gasteiger partial charge is 0.481 e. The molecule has 0 amide bonds. The highest BCUT2D eigenvalue weighted by molar-refractivity contribution is 5.71. The lowest BCUT2D eigenvalue weighted by molar-refractivity contribution is -0.143. The van der Waals surface area contributed by atoms with Crippen LogP contribution in [0.15, 0.2) is 30.3 Å². The zero-order valence-electron chi connectivity index (χ0n) is 12.3. The Bertz CT molecular complexity index is 470. The second-order valence-corrected chi connectivity index (χ2v) is 6.24. The lowest BCUT2D eigenvalue weighted by Gasteiger charge is -2.29. The summed E-state index contributed by atoms with van der Waals surface area (Å²) in [6, 6.07) is 10.3. The normalized spacial score (nSPS) is 27.8. The van der Waals surface area contributed by atoms with E-state index in [9.17, 15) is 9.90 Å². The maximum absolute atomic E-state index is 11.6. The minimum absolute atomic E-state index is 0.225. The average Bonchev–Trinajstić information content (AvgIpc) is 2.93. The van der Waals surface area contributed by atoms with Gasteiger partial charge in [0.1, 0.15) is 0 Å². The third kappa shape index (κ3) is 3.44. The highest BCUT2D eigenvalue weighted by Crippen LogP contribution is 2.36. The molecule has 2 saturated heterocycles. The van der Waals surface area contributed by atoms with Crippen LogP contribution in [0.1, 0.15) is 18.4 Å². The standard InChI is InChI=1S/C17H23NO3/c19-17(20)16-12-18(10-13-4-2-1-3-5-13)11-15(16)14-6-8-21-9-7-14/h1-5,14-16H,6-12H2,(H,19,20)/t15-,16-/m1/s1. The van der Waals surface area contributed by atoms with Gasteiger partial charge in [-0.1, -0.05) is 30.3 Å². The quantitative estimate of drug-likeness (QED) is 0.923. The van der Waals surface area contributed by atoms with Crippen molar-refractivity contribution in [2.24, 2.45) is 17.8 Å². The smallest absolute Gasteiger partial charge is 0.308 e. The zero-order valence-corrected chi connectivity index (χ0v) is 12.3. The van der Waals surface area contributed by atoms with Gasteiger partial charge in [0.2, 0.25) is 0 Å². The number of carboxylic acid groups (broad SMARTS) is 1. The Morgan fingerprint density at radius 1 is 1.19 bits per heavy atom. The number of rotatable bonds is 4. The van der Waals surface area contributed by atoms with E-state index in [1.165, 1.54) is 5.56 Å². The average molecular weight is 289 g/mol. The molecule has 0 radical (unpaired) electrons. The molecule has 1 N–H and O–H groups in total. The number of benzene rings is 1. The van der Waals surface area contributed by atoms with Crippen LogP contribution in [0, 0.1) is 17.8 Å². The van der Waals surface area contributed by atoms with Crippen LogP contribution in [-0.4, -0.2) is 42.3 Å². The molecule has 3 rings (SSSR count). The molecule has 0 bridgehead atoms. The van der Waals surface area contributed by atoms with Crippen LogP contribution >= 0.6 is 0 Å². The summed E-state index contributed by atoms with van der Waals surface area (Å²) in [4.78, 5) is 13.9. The first-order valence-corrected chi connectivity index (χ1v) is 7.81. The first-order valence-electron chi connectivity index (χ1n) is 7.81. The second-order valence-electron chi connectivity index (χ2n) is 6.24. The summed E-state index contributed by atoms with van der Waals surface area (Å²) in [6.45, 7) is 3.99. The molecule has 4 heteroatoms. The van der Waals surface area contributed by atoms with Crippen LogP contribution in [0.25, 0.3) is 0 Å². The summed E-state index contributed by atoms with van der Waals surface area (Å²) < 4.78 is 5.42. The van der Waals surface area contributed by atoms with E-state index in [0.29, 0.717) is 12.5 Å². The van der Waals surface area contributed by atoms with Crippen molar-refractivity contribution in [1.82, 2.24) is 4.90 Å². The van der Waals surface area contributed by atoms with Gasteiger partial charge in [0.05, 0.1) is 5.92 Å². The summed E-state index contributed by atoms with van der Waals surface area (Å²) in [5, 5.41) is 9.54. The van der Waals surface area contributed by atoms with Gasteiger partial charge in [0.15, 0.2) is 0 Å². The molecule has 114 valence electrons. The molecular formula is C17H23NO3. The zero-order chi connectivity index (χ0) is 14.7. The summed E-state index contributed by atoms with van der Waals surface area (Å²) in [5.74, 6) is -0.0883. The van der Waals surface area contributed by atoms with E-state index in [2.05, 4.69) is 17.0 Å². The van der Waals surface area contributed by atoms with E-state index in [-0.39, 0.29) is 11.8 Å². The maximum atomic E-state index is 11.6. The Morgan fingerprint density at radius 2 is 1.90 bits per heavy atom. The van der Waals surface area contributed by atoms with Crippen molar-refractivity contribution in [3.05, 3.63) is 35.9 Å². The lowest BCUT2D eigenvalue weighted by atomic mass is 9.80. The Hall–Kier alpha value is -1.39. The molecule has 1 aromatic rings. The Kier molecular flexibility index (Phi) is 4.56. The summed E-state index contributed by atoms with van der Waals surface area (Å²) in [6.07, 6.45) is 2.02. The predicted molar refractivity (Wildman–Crippen MR) is 79.9 cm³/mol. The Labute approximate surface area is 125 Å². The van der Waals surface area contributed by atoms with E-state index >= 15 is 0 Å². The number of carbonyl (C=O) groups is 1. The van der Waals surface area contributed by atoms with Gasteiger partial charge in [-0.25, -0.2) is 0 Å². The van der Waals surface area contributed by atoms with Crippen molar-refractivity contribution in [2.75, 3.05) is 26.3 Å². The molecule has 2 fully saturated rings. The number of likely N-dealkylation sites (tertiary alicyclic amines) is 1. The van der Waals surface area contributed by atoms with E-state index in [4.69, 9.17) is 4.74 Å². The Morgan fingerprint density at radius 3 is 2.57 bits per heavy atom. The van der Waals surface area contributed by atoms with Crippen molar-refractivity contribution in [1.29, 1.82) is 0 Å². The molecule has 0 saturated carbocycles. The van der Waals surface area contributed by atoms with Gasteiger partial charge in [-0.2, -0.15) is 0 Å². The SMILES string of the molecule is O=C(O)[C@@H]1CN(Cc2ccccc2)C[C@@H]1C1CCOCC1. The van der Waals surface area contributed by atoms with Crippen LogP contribution < -0.4 is 0 Å². The number of ether oxygens (including phenoxy) is 1. The van der Waals surface area contributed by atoms with Crippen molar-refractivity contribution < 1.29 is 14.6 Å². The van der Waals surface area contributed by atoms with Gasteiger partial charge in [-0.15, -0.1) is 0 Å². The third-order valence-electron chi connectivity index (χ3n) is 4.88. The molecule has 0 spiro atoms. The van der Waals surface area contributed by atoms with Crippen molar-refractivity contribution >= 4 is 5.97 Å². The summed E-state index contributed by atoms with van der Waals surface area (Å²) in [7, 11) is 0. The first kappa shape index (κ1) is 14.5. The van der Waals surface area contributed by atoms with Gasteiger partial charge in [0, 0.05) is 32.8 Å². The minimum atomic E-state index is -0.637. The first-order chi connectivity index (χ1) is 10.2. The highest BCUT2D eigenvalue weighted by atomic mass is 16.5. The fraction of sp³-hybridized carbons (Fsp3) is 0.588. The lowest BCUT2D eigenvalue weighted by Crippen LogP contribution is -2.31. The molecule has 2 aliphatic rings. The van der Waals surface area contributed by atoms with Gasteiger partial charge in [0.25, 0.3) is 0 Å². The van der Waals surface area contributed by atoms with Gasteiger partial charge in [-0.3, -0.25) is 9.69 Å². The highest BCUT2D eigenvalue weighted by Gasteiger charge is 2.41. The van der Waals surface area contributed by atoms with E-state index < -0.39 is 5.97 Å². The topological polar surface area (TPSA) is 49.8 Å². The molecule has 0 aliphatic carbocycles. The van der Waals surface area contributed by atoms with Crippen LogP contribution in [0.3, 0.4) is 0 Å². The molecule has 1 aromatic carbocycles. The number of hydrogen-bond acceptors (Lipinski definition) is 3. The van der Waals surface area contributed by atoms with Crippen LogP contribution in [0.4, 0.5) is 0 Å². The van der Waals surface area contributed by atoms with E-state index in [1.807, 2.05) is 18.2 Å². The molecule has 0 aromatic heterocycles. The predicted octanol–water partition coefficient (Wildman–Crippen LogP) is 2.25. The third-order valence-corrected chi connectivity index (χ3v) is 4.88. The van der Waals surface area contributed by atoms with E-state index in [0.717, 1.165) is 39.1 Å². The summed E-state index contributed by atoms with van der Waals surface area (Å²) in [5.41, 5.74) is 1.26. The van der Waals surface area contributed by atoms with Gasteiger partial charge >= 0.3 is 5.97 Å². The number of hydrogen-bond donors (Lipinski definition) is 1. The monoisotopic (exact) mass is 289 g/mol. The van der Waals surface area contributed by atoms with E-state index in [1.54, 1.807) is 0 Å². The van der Waals surface area contributed by atoms with Crippen molar-refractivity contribution in [3.8, 4) is 0 Å². The molecule has 0 unspecified atom stereocenters. The van der Waals surface area contributed by atoms with Crippen molar-refractivity contribution in [3.63, 3.8) is 0 Å². The van der Waals surface area contributed by atoms with Crippen LogP contribution in [-0.2, 0) is 16.1 Å². The summed E-state index contributed by atoms with van der Waals surface area (Å²) >= 11 is 0. The molecular weight excluding hydrogens is 266 g/mol. The maximum Gasteiger partial charge on any atom is 0.308 e. The number of nitrogens with zero attached hydrogens (tertiary/aromatic N) is 1. The fourth-order valence-electron chi connectivity index (χ4n) is 3.77. The number of carboxylic acids is 1. The molecule has 2 atom stereocenters. The molecule has 2 aliphatic heterocycles. The molecule has 2 heterocycles. The van der Waals surface area contributed by atoms with Gasteiger partial charge < -0.3 is 9.84 Å². The molecule has 4 nitrogen and oxygen atoms in total. The second kappa shape index (κ2) is 6.58. The molecule has 21 heavy (non-hydrogen) atoms. The Balaban J connectivity index is 1.67. The minimum Gasteiger partial charge on any atom is -0.481 e. The van der Waals surface area contributed by atoms with Crippen LogP contribution in [0.2, 0.25) is 0 Å². The van der Waals surface area contributed by atoms with Crippen molar-refractivity contribution in [2.45, 2.75) is 19.4 Å². The van der Waals surface area contributed by atoms with Gasteiger partial charge in [-0.05, 0) is 30.2 Å². The fourth-order valence-corrected chi connectivity index (χ4v) is 3.77. The number of aliphatic carboxylic acids is 1. The van der Waals surface area contributed by atoms with Crippen LogP contribution in [0.5, 0.6) is 0 Å².